The molecular formula is C21H23N3O6S2. The molecule has 0 aliphatic carbocycles. The van der Waals surface area contributed by atoms with Crippen LogP contribution in [0.4, 0.5) is 5.69 Å². The first-order valence-electron chi connectivity index (χ1n) is 9.65. The number of aromatic nitrogens is 1. The van der Waals surface area contributed by atoms with Crippen molar-refractivity contribution in [3.8, 4) is 0 Å². The zero-order valence-corrected chi connectivity index (χ0v) is 19.4. The van der Waals surface area contributed by atoms with Crippen LogP contribution in [0.15, 0.2) is 56.6 Å². The van der Waals surface area contributed by atoms with Gasteiger partial charge in [-0.2, -0.15) is 16.5 Å². The number of ketones is 1. The highest BCUT2D eigenvalue weighted by atomic mass is 32.2. The summed E-state index contributed by atoms with van der Waals surface area (Å²) < 4.78 is 34.7. The average Bonchev–Trinajstić information content (AvgIpc) is 3.04. The van der Waals surface area contributed by atoms with Crippen molar-refractivity contribution in [1.29, 1.82) is 0 Å². The molecule has 32 heavy (non-hydrogen) atoms. The molecule has 0 aliphatic rings. The van der Waals surface area contributed by atoms with E-state index in [0.717, 1.165) is 0 Å². The summed E-state index contributed by atoms with van der Waals surface area (Å²) in [6, 6.07) is 9.44. The highest BCUT2D eigenvalue weighted by Crippen LogP contribution is 2.19. The van der Waals surface area contributed by atoms with Crippen molar-refractivity contribution >= 4 is 50.3 Å². The maximum atomic E-state index is 13.0. The van der Waals surface area contributed by atoms with Gasteiger partial charge in [-0.1, -0.05) is 12.1 Å². The molecule has 1 aromatic heterocycles. The number of benzene rings is 2. The number of hydrogen-bond acceptors (Lipinski definition) is 7. The number of oxazole rings is 1. The van der Waals surface area contributed by atoms with Gasteiger partial charge in [0.05, 0.1) is 10.4 Å². The molecule has 0 bridgehead atoms. The molecule has 1 unspecified atom stereocenters. The summed E-state index contributed by atoms with van der Waals surface area (Å²) in [5, 5.41) is 2.67. The molecule has 0 radical (unpaired) electrons. The molecule has 3 rings (SSSR count). The number of hydrogen-bond donors (Lipinski definition) is 2. The van der Waals surface area contributed by atoms with Gasteiger partial charge in [-0.15, -0.1) is 0 Å². The van der Waals surface area contributed by atoms with Gasteiger partial charge in [0, 0.05) is 24.4 Å². The number of fused-ring (bicyclic) bond motifs is 1. The molecule has 1 heterocycles. The standard InChI is InChI=1S/C21H23N3O6S2/c1-13(25)14-5-4-6-15(11-14)22-20(26)17(9-10-31-3)23-32(28,29)16-7-8-18-19(12-16)30-21(27)24(18)2/h4-8,11-12,17,23H,9-10H2,1-3H3,(H,22,26). The third kappa shape index (κ3) is 5.29. The summed E-state index contributed by atoms with van der Waals surface area (Å²) in [6.07, 6.45) is 2.10. The fraction of sp³-hybridized carbons (Fsp3) is 0.286. The van der Waals surface area contributed by atoms with Crippen molar-refractivity contribution in [3.05, 3.63) is 58.6 Å². The zero-order chi connectivity index (χ0) is 23.5. The van der Waals surface area contributed by atoms with Crippen LogP contribution in [0, 0.1) is 0 Å². The fourth-order valence-corrected chi connectivity index (χ4v) is 4.78. The van der Waals surface area contributed by atoms with Crippen molar-refractivity contribution in [2.24, 2.45) is 7.05 Å². The number of rotatable bonds is 9. The third-order valence-corrected chi connectivity index (χ3v) is 6.95. The predicted molar refractivity (Wildman–Crippen MR) is 124 cm³/mol. The van der Waals surface area contributed by atoms with Gasteiger partial charge in [0.25, 0.3) is 0 Å². The van der Waals surface area contributed by atoms with Gasteiger partial charge in [-0.25, -0.2) is 13.2 Å². The van der Waals surface area contributed by atoms with Crippen LogP contribution < -0.4 is 15.8 Å². The summed E-state index contributed by atoms with van der Waals surface area (Å²) in [6.45, 7) is 1.42. The lowest BCUT2D eigenvalue weighted by Gasteiger charge is -2.18. The van der Waals surface area contributed by atoms with Crippen LogP contribution in [0.2, 0.25) is 0 Å². The molecule has 1 atom stereocenters. The first kappa shape index (κ1) is 23.8. The van der Waals surface area contributed by atoms with E-state index in [1.165, 1.54) is 54.6 Å². The molecule has 3 aromatic rings. The van der Waals surface area contributed by atoms with Crippen molar-refractivity contribution in [2.75, 3.05) is 17.3 Å². The number of nitrogens with one attached hydrogen (secondary N) is 2. The Morgan fingerprint density at radius 2 is 1.94 bits per heavy atom. The molecule has 11 heteroatoms. The van der Waals surface area contributed by atoms with E-state index < -0.39 is 27.7 Å². The van der Waals surface area contributed by atoms with Crippen molar-refractivity contribution < 1.29 is 22.4 Å². The molecule has 0 aliphatic heterocycles. The second kappa shape index (κ2) is 9.72. The summed E-state index contributed by atoms with van der Waals surface area (Å²) in [7, 11) is -2.57. The molecule has 170 valence electrons. The molecule has 2 N–H and O–H groups in total. The van der Waals surface area contributed by atoms with Crippen LogP contribution in [0.25, 0.3) is 11.1 Å². The number of amides is 1. The number of carbonyl (C=O) groups is 2. The fourth-order valence-electron chi connectivity index (χ4n) is 3.06. The van der Waals surface area contributed by atoms with E-state index in [4.69, 9.17) is 4.42 Å². The van der Waals surface area contributed by atoms with Crippen LogP contribution in [-0.2, 0) is 21.9 Å². The highest BCUT2D eigenvalue weighted by molar-refractivity contribution is 7.98. The smallest absolute Gasteiger partial charge is 0.408 e. The van der Waals surface area contributed by atoms with Gasteiger partial charge in [0.2, 0.25) is 15.9 Å². The highest BCUT2D eigenvalue weighted by Gasteiger charge is 2.26. The first-order valence-corrected chi connectivity index (χ1v) is 12.5. The Kier molecular flexibility index (Phi) is 7.22. The van der Waals surface area contributed by atoms with E-state index in [2.05, 4.69) is 10.0 Å². The SMILES string of the molecule is CSCCC(NS(=O)(=O)c1ccc2c(c1)oc(=O)n2C)C(=O)Nc1cccc(C(C)=O)c1. The number of anilines is 1. The van der Waals surface area contributed by atoms with E-state index in [0.29, 0.717) is 22.5 Å². The topological polar surface area (TPSA) is 127 Å². The van der Waals surface area contributed by atoms with E-state index in [-0.39, 0.29) is 22.7 Å². The van der Waals surface area contributed by atoms with Gasteiger partial charge in [-0.05, 0) is 49.6 Å². The quantitative estimate of drug-likeness (QED) is 0.453. The van der Waals surface area contributed by atoms with E-state index >= 15 is 0 Å². The average molecular weight is 478 g/mol. The van der Waals surface area contributed by atoms with Crippen LogP contribution in [0.3, 0.4) is 0 Å². The second-order valence-electron chi connectivity index (χ2n) is 7.14. The summed E-state index contributed by atoms with van der Waals surface area (Å²) in [4.78, 5) is 36.0. The minimum Gasteiger partial charge on any atom is -0.408 e. The van der Waals surface area contributed by atoms with Crippen LogP contribution in [0.1, 0.15) is 23.7 Å². The molecule has 0 saturated heterocycles. The maximum Gasteiger partial charge on any atom is 0.419 e. The zero-order valence-electron chi connectivity index (χ0n) is 17.7. The molecule has 0 fully saturated rings. The normalized spacial score (nSPS) is 12.6. The summed E-state index contributed by atoms with van der Waals surface area (Å²) in [5.74, 6) is -0.757. The second-order valence-corrected chi connectivity index (χ2v) is 9.84. The Balaban J connectivity index is 1.85. The Labute approximate surface area is 189 Å². The van der Waals surface area contributed by atoms with E-state index in [9.17, 15) is 22.8 Å². The van der Waals surface area contributed by atoms with Gasteiger partial charge >= 0.3 is 5.76 Å². The predicted octanol–water partition coefficient (Wildman–Crippen LogP) is 2.37. The number of carbonyl (C=O) groups excluding carboxylic acids is 2. The number of aryl methyl sites for hydroxylation is 1. The number of sulfonamides is 1. The van der Waals surface area contributed by atoms with Crippen molar-refractivity contribution in [1.82, 2.24) is 9.29 Å². The Hall–Kier alpha value is -2.89. The lowest BCUT2D eigenvalue weighted by atomic mass is 10.1. The first-order chi connectivity index (χ1) is 15.1. The summed E-state index contributed by atoms with van der Waals surface area (Å²) in [5.41, 5.74) is 1.41. The number of nitrogens with zero attached hydrogens (tertiary/aromatic N) is 1. The molecule has 9 nitrogen and oxygen atoms in total. The van der Waals surface area contributed by atoms with E-state index in [1.807, 2.05) is 6.26 Å². The minimum atomic E-state index is -4.09. The van der Waals surface area contributed by atoms with E-state index in [1.54, 1.807) is 18.2 Å². The van der Waals surface area contributed by atoms with Crippen LogP contribution in [-0.4, -0.2) is 42.7 Å². The Morgan fingerprint density at radius 3 is 2.62 bits per heavy atom. The van der Waals surface area contributed by atoms with Crippen LogP contribution >= 0.6 is 11.8 Å². The summed E-state index contributed by atoms with van der Waals surface area (Å²) >= 11 is 1.48. The number of Topliss-reactive ketones (excluding diaryl/α,β-unsaturated/α-hetero) is 1. The largest absolute Gasteiger partial charge is 0.419 e. The Bertz CT molecular complexity index is 1330. The molecule has 2 aromatic carbocycles. The third-order valence-electron chi connectivity index (χ3n) is 4.84. The van der Waals surface area contributed by atoms with Crippen molar-refractivity contribution in [2.45, 2.75) is 24.3 Å². The molecular weight excluding hydrogens is 454 g/mol. The van der Waals surface area contributed by atoms with Gasteiger partial charge in [0.1, 0.15) is 6.04 Å². The number of thioether (sulfide) groups is 1. The van der Waals surface area contributed by atoms with Gasteiger partial charge in [-0.3, -0.25) is 14.2 Å². The lowest BCUT2D eigenvalue weighted by molar-refractivity contribution is -0.117. The molecule has 1 amide bonds. The van der Waals surface area contributed by atoms with Crippen molar-refractivity contribution in [3.63, 3.8) is 0 Å². The molecule has 0 saturated carbocycles. The van der Waals surface area contributed by atoms with Crippen LogP contribution in [0.5, 0.6) is 0 Å². The lowest BCUT2D eigenvalue weighted by Crippen LogP contribution is -2.44. The monoisotopic (exact) mass is 477 g/mol. The maximum absolute atomic E-state index is 13.0. The Morgan fingerprint density at radius 1 is 1.19 bits per heavy atom. The molecule has 0 spiro atoms. The van der Waals surface area contributed by atoms with Gasteiger partial charge in [0.15, 0.2) is 11.4 Å². The van der Waals surface area contributed by atoms with Gasteiger partial charge < -0.3 is 9.73 Å². The minimum absolute atomic E-state index is 0.125.